The molecule has 6 rings (SSSR count). The van der Waals surface area contributed by atoms with Gasteiger partial charge in [-0.2, -0.15) is 13.9 Å². The molecule has 0 radical (unpaired) electrons. The van der Waals surface area contributed by atoms with E-state index in [0.29, 0.717) is 30.6 Å². The number of hydrogen-bond acceptors (Lipinski definition) is 6. The molecule has 10 heteroatoms. The number of fused-ring (bicyclic) bond motifs is 9. The average Bonchev–Trinajstić information content (AvgIpc) is 3.41. The predicted octanol–water partition coefficient (Wildman–Crippen LogP) is 4.33. The number of amides is 1. The van der Waals surface area contributed by atoms with Crippen LogP contribution in [0.4, 0.5) is 8.78 Å². The van der Waals surface area contributed by atoms with Crippen molar-refractivity contribution in [2.75, 3.05) is 20.3 Å². The van der Waals surface area contributed by atoms with Crippen LogP contribution in [0.5, 0.6) is 5.75 Å². The molecule has 4 heterocycles. The molecule has 3 aromatic rings. The lowest BCUT2D eigenvalue weighted by molar-refractivity contribution is -0.155. The van der Waals surface area contributed by atoms with Gasteiger partial charge in [-0.05, 0) is 48.7 Å². The number of halogens is 2. The van der Waals surface area contributed by atoms with Crippen LogP contribution < -0.4 is 4.74 Å². The van der Waals surface area contributed by atoms with Crippen LogP contribution in [-0.2, 0) is 14.3 Å². The van der Waals surface area contributed by atoms with Crippen molar-refractivity contribution >= 4 is 23.0 Å². The lowest BCUT2D eigenvalue weighted by Gasteiger charge is -2.23. The van der Waals surface area contributed by atoms with E-state index in [1.54, 1.807) is 35.5 Å². The minimum Gasteiger partial charge on any atom is -0.464 e. The highest BCUT2D eigenvalue weighted by molar-refractivity contribution is 5.98. The summed E-state index contributed by atoms with van der Waals surface area (Å²) in [6.07, 6.45) is 4.15. The molecule has 0 spiro atoms. The zero-order valence-corrected chi connectivity index (χ0v) is 20.3. The Labute approximate surface area is 211 Å². The minimum absolute atomic E-state index is 0.0108. The van der Waals surface area contributed by atoms with E-state index in [1.807, 2.05) is 24.4 Å². The summed E-state index contributed by atoms with van der Waals surface area (Å²) >= 11 is 0. The highest BCUT2D eigenvalue weighted by Crippen LogP contribution is 2.53. The number of ether oxygens (including phenoxy) is 3. The summed E-state index contributed by atoms with van der Waals surface area (Å²) < 4.78 is 44.0. The first kappa shape index (κ1) is 23.6. The van der Waals surface area contributed by atoms with Crippen LogP contribution in [0.15, 0.2) is 42.6 Å². The number of rotatable bonds is 5. The molecule has 1 amide bonds. The maximum absolute atomic E-state index is 13.3. The van der Waals surface area contributed by atoms with E-state index in [4.69, 9.17) is 19.3 Å². The molecule has 1 aromatic carbocycles. The second-order valence-electron chi connectivity index (χ2n) is 9.38. The van der Waals surface area contributed by atoms with Crippen LogP contribution in [0.1, 0.15) is 64.5 Å². The number of pyridine rings is 1. The van der Waals surface area contributed by atoms with E-state index in [9.17, 15) is 18.4 Å². The first-order valence-corrected chi connectivity index (χ1v) is 12.2. The SMILES string of the molecule is CCOC(=O)C1CC=C(c2ccn3nc4c(c3c2)[C@@H]2C[C@H]4N(C)C(=O)c3cccc(OC(F)F)c32)CO1. The van der Waals surface area contributed by atoms with Crippen LogP contribution in [0.2, 0.25) is 0 Å². The van der Waals surface area contributed by atoms with E-state index in [0.717, 1.165) is 27.9 Å². The molecule has 3 aliphatic rings. The highest BCUT2D eigenvalue weighted by Gasteiger charge is 2.46. The van der Waals surface area contributed by atoms with Crippen LogP contribution in [0.25, 0.3) is 11.1 Å². The van der Waals surface area contributed by atoms with E-state index < -0.39 is 12.7 Å². The number of esters is 1. The van der Waals surface area contributed by atoms with E-state index in [-0.39, 0.29) is 36.2 Å². The van der Waals surface area contributed by atoms with Crippen LogP contribution in [0.3, 0.4) is 0 Å². The molecule has 0 saturated heterocycles. The Morgan fingerprint density at radius 1 is 1.27 bits per heavy atom. The Morgan fingerprint density at radius 2 is 2.11 bits per heavy atom. The number of carbonyl (C=O) groups excluding carboxylic acids is 2. The lowest BCUT2D eigenvalue weighted by Crippen LogP contribution is -2.30. The van der Waals surface area contributed by atoms with Crippen molar-refractivity contribution in [2.45, 2.75) is 44.4 Å². The van der Waals surface area contributed by atoms with Gasteiger partial charge >= 0.3 is 12.6 Å². The predicted molar refractivity (Wildman–Crippen MR) is 129 cm³/mol. The molecule has 2 bridgehead atoms. The summed E-state index contributed by atoms with van der Waals surface area (Å²) in [5.41, 5.74) is 5.17. The van der Waals surface area contributed by atoms with Gasteiger partial charge in [-0.3, -0.25) is 4.79 Å². The van der Waals surface area contributed by atoms with Gasteiger partial charge < -0.3 is 19.1 Å². The fourth-order valence-corrected chi connectivity index (χ4v) is 5.73. The molecule has 37 heavy (non-hydrogen) atoms. The normalized spacial score (nSPS) is 22.5. The average molecular weight is 510 g/mol. The van der Waals surface area contributed by atoms with Crippen LogP contribution in [-0.4, -0.2) is 59.4 Å². The van der Waals surface area contributed by atoms with Crippen molar-refractivity contribution in [2.24, 2.45) is 0 Å². The van der Waals surface area contributed by atoms with Crippen molar-refractivity contribution in [1.29, 1.82) is 0 Å². The topological polar surface area (TPSA) is 82.4 Å². The summed E-state index contributed by atoms with van der Waals surface area (Å²) in [6.45, 7) is -0.693. The summed E-state index contributed by atoms with van der Waals surface area (Å²) in [7, 11) is 1.72. The molecular formula is C27H25F2N3O5. The molecule has 192 valence electrons. The van der Waals surface area contributed by atoms with Crippen LogP contribution in [0, 0.1) is 0 Å². The number of carbonyl (C=O) groups is 2. The quantitative estimate of drug-likeness (QED) is 0.476. The number of nitrogens with zero attached hydrogens (tertiary/aromatic N) is 3. The first-order chi connectivity index (χ1) is 17.9. The van der Waals surface area contributed by atoms with Gasteiger partial charge in [0.25, 0.3) is 5.91 Å². The molecule has 1 unspecified atom stereocenters. The maximum atomic E-state index is 13.3. The lowest BCUT2D eigenvalue weighted by atomic mass is 9.88. The second kappa shape index (κ2) is 8.95. The Balaban J connectivity index is 1.44. The fourth-order valence-electron chi connectivity index (χ4n) is 5.73. The van der Waals surface area contributed by atoms with E-state index in [2.05, 4.69) is 0 Å². The molecule has 2 aliphatic heterocycles. The summed E-state index contributed by atoms with van der Waals surface area (Å²) in [5, 5.41) is 4.79. The van der Waals surface area contributed by atoms with Crippen molar-refractivity contribution in [1.82, 2.24) is 14.5 Å². The standard InChI is InChI=1S/C27H25F2N3O5/c1-3-35-26(34)21-8-7-15(13-36-21)14-9-10-32-18(11-14)23-17-12-19(24(23)30-32)31(2)25(33)16-5-4-6-20(22(16)17)37-27(28)29/h4-7,9-11,17,19,21,27H,3,8,12-13H2,1-2H3/t17-,19-,21?/m1/s1. The van der Waals surface area contributed by atoms with Crippen molar-refractivity contribution in [3.05, 3.63) is 70.6 Å². The molecule has 0 N–H and O–H groups in total. The van der Waals surface area contributed by atoms with Gasteiger partial charge in [-0.1, -0.05) is 12.1 Å². The van der Waals surface area contributed by atoms with Gasteiger partial charge in [0.2, 0.25) is 0 Å². The molecule has 8 nitrogen and oxygen atoms in total. The maximum Gasteiger partial charge on any atom is 0.387 e. The van der Waals surface area contributed by atoms with E-state index in [1.165, 1.54) is 6.07 Å². The second-order valence-corrected chi connectivity index (χ2v) is 9.38. The molecule has 2 aromatic heterocycles. The first-order valence-electron chi connectivity index (χ1n) is 12.2. The molecule has 0 fully saturated rings. The van der Waals surface area contributed by atoms with Gasteiger partial charge in [0.05, 0.1) is 30.5 Å². The number of aromatic nitrogens is 2. The minimum atomic E-state index is -3.01. The van der Waals surface area contributed by atoms with Gasteiger partial charge in [0.15, 0.2) is 6.10 Å². The van der Waals surface area contributed by atoms with E-state index >= 15 is 0 Å². The zero-order valence-electron chi connectivity index (χ0n) is 20.3. The van der Waals surface area contributed by atoms with Gasteiger partial charge in [0.1, 0.15) is 5.75 Å². The molecular weight excluding hydrogens is 484 g/mol. The van der Waals surface area contributed by atoms with Gasteiger partial charge in [0, 0.05) is 42.3 Å². The molecule has 3 atom stereocenters. The largest absolute Gasteiger partial charge is 0.464 e. The number of benzene rings is 1. The van der Waals surface area contributed by atoms with Crippen LogP contribution >= 0.6 is 0 Å². The Morgan fingerprint density at radius 3 is 2.84 bits per heavy atom. The summed E-state index contributed by atoms with van der Waals surface area (Å²) in [4.78, 5) is 26.9. The van der Waals surface area contributed by atoms with Crippen molar-refractivity contribution in [3.63, 3.8) is 0 Å². The molecule has 0 saturated carbocycles. The van der Waals surface area contributed by atoms with Crippen molar-refractivity contribution in [3.8, 4) is 5.75 Å². The third-order valence-corrected chi connectivity index (χ3v) is 7.41. The van der Waals surface area contributed by atoms with Gasteiger partial charge in [-0.15, -0.1) is 0 Å². The third-order valence-electron chi connectivity index (χ3n) is 7.41. The smallest absolute Gasteiger partial charge is 0.387 e. The Bertz CT molecular complexity index is 1450. The fraction of sp³-hybridized carbons (Fsp3) is 0.370. The molecule has 1 aliphatic carbocycles. The number of alkyl halides is 2. The summed E-state index contributed by atoms with van der Waals surface area (Å²) in [5.74, 6) is -0.941. The monoisotopic (exact) mass is 509 g/mol. The number of hydrogen-bond donors (Lipinski definition) is 0. The zero-order chi connectivity index (χ0) is 25.8. The van der Waals surface area contributed by atoms with Gasteiger partial charge in [-0.25, -0.2) is 9.31 Å². The Hall–Kier alpha value is -3.79. The summed E-state index contributed by atoms with van der Waals surface area (Å²) in [6, 6.07) is 8.35. The van der Waals surface area contributed by atoms with Crippen molar-refractivity contribution < 1.29 is 32.6 Å². The highest BCUT2D eigenvalue weighted by atomic mass is 19.3. The Kier molecular flexibility index (Phi) is 5.71. The third kappa shape index (κ3) is 3.78.